The predicted octanol–water partition coefficient (Wildman–Crippen LogP) is 2.11. The highest BCUT2D eigenvalue weighted by Gasteiger charge is 2.40. The summed E-state index contributed by atoms with van der Waals surface area (Å²) >= 11 is 0. The van der Waals surface area contributed by atoms with Gasteiger partial charge in [0.1, 0.15) is 11.6 Å². The van der Waals surface area contributed by atoms with E-state index < -0.39 is 36.4 Å². The molecule has 3 aromatic rings. The maximum Gasteiger partial charge on any atom is 0.336 e. The summed E-state index contributed by atoms with van der Waals surface area (Å²) in [5, 5.41) is 38.0. The van der Waals surface area contributed by atoms with Gasteiger partial charge in [0.15, 0.2) is 5.60 Å². The Morgan fingerprint density at radius 3 is 2.17 bits per heavy atom. The molecular weight excluding hydrogens is 465 g/mol. The van der Waals surface area contributed by atoms with Crippen LogP contribution in [0.25, 0.3) is 0 Å². The summed E-state index contributed by atoms with van der Waals surface area (Å²) in [6, 6.07) is 10.5. The Balaban J connectivity index is 0.000000287. The minimum absolute atomic E-state index is 0.211. The van der Waals surface area contributed by atoms with Crippen LogP contribution in [-0.2, 0) is 41.1 Å². The second kappa shape index (κ2) is 12.4. The van der Waals surface area contributed by atoms with Crippen molar-refractivity contribution in [3.05, 3.63) is 77.8 Å². The molecule has 188 valence electrons. The third-order valence-electron chi connectivity index (χ3n) is 4.70. The fourth-order valence-electron chi connectivity index (χ4n) is 3.21. The largest absolute Gasteiger partial charge is 0.481 e. The van der Waals surface area contributed by atoms with Crippen molar-refractivity contribution >= 4 is 17.9 Å². The Bertz CT molecular complexity index is 1110. The van der Waals surface area contributed by atoms with E-state index in [9.17, 15) is 18.8 Å². The molecule has 35 heavy (non-hydrogen) atoms. The number of aryl methyl sites for hydroxylation is 1. The third kappa shape index (κ3) is 9.39. The molecule has 0 saturated carbocycles. The lowest BCUT2D eigenvalue weighted by molar-refractivity contribution is -0.170. The van der Waals surface area contributed by atoms with Gasteiger partial charge in [0.25, 0.3) is 0 Å². The standard InChI is InChI=1S/C17H18FN3O.C6H8O7/c1-20-10-15(9-19-20)12-21(13-17-6-3-7-22-17)11-14-4-2-5-16(18)8-14;7-3(8)1-6(13,5(11)12)2-4(9)10/h2-10H,11-13H2,1H3;13H,1-2H2,(H,7,8)(H,9,10)(H,11,12). The number of aliphatic hydroxyl groups is 1. The Kier molecular flexibility index (Phi) is 9.67. The van der Waals surface area contributed by atoms with Crippen molar-refractivity contribution in [2.45, 2.75) is 38.1 Å². The minimum Gasteiger partial charge on any atom is -0.481 e. The van der Waals surface area contributed by atoms with Gasteiger partial charge in [-0.2, -0.15) is 5.10 Å². The topological polar surface area (TPSA) is 166 Å². The number of carboxylic acid groups (broad SMARTS) is 3. The van der Waals surface area contributed by atoms with Crippen LogP contribution in [0.1, 0.15) is 29.7 Å². The van der Waals surface area contributed by atoms with Crippen molar-refractivity contribution in [2.75, 3.05) is 0 Å². The molecule has 0 aliphatic rings. The summed E-state index contributed by atoms with van der Waals surface area (Å²) in [7, 11) is 1.90. The fourth-order valence-corrected chi connectivity index (χ4v) is 3.21. The van der Waals surface area contributed by atoms with E-state index in [0.717, 1.165) is 23.4 Å². The quantitative estimate of drug-likeness (QED) is 0.312. The molecule has 4 N–H and O–H groups in total. The van der Waals surface area contributed by atoms with Crippen molar-refractivity contribution in [1.82, 2.24) is 14.7 Å². The molecule has 11 nitrogen and oxygen atoms in total. The molecule has 0 aliphatic carbocycles. The Hall–Kier alpha value is -4.03. The molecule has 2 heterocycles. The maximum atomic E-state index is 13.4. The van der Waals surface area contributed by atoms with Crippen LogP contribution in [0.2, 0.25) is 0 Å². The SMILES string of the molecule is Cn1cc(CN(Cc2cccc(F)c2)Cc2ccco2)cn1.O=C(O)CC(O)(CC(=O)O)C(=O)O. The lowest BCUT2D eigenvalue weighted by atomic mass is 9.96. The van der Waals surface area contributed by atoms with E-state index >= 15 is 0 Å². The molecule has 0 atom stereocenters. The first-order valence-corrected chi connectivity index (χ1v) is 10.3. The number of benzene rings is 1. The third-order valence-corrected chi connectivity index (χ3v) is 4.70. The van der Waals surface area contributed by atoms with Gasteiger partial charge in [0.2, 0.25) is 0 Å². The zero-order chi connectivity index (χ0) is 26.0. The Morgan fingerprint density at radius 1 is 1.03 bits per heavy atom. The molecule has 0 amide bonds. The second-order valence-electron chi connectivity index (χ2n) is 7.85. The van der Waals surface area contributed by atoms with Crippen molar-refractivity contribution < 1.29 is 43.6 Å². The van der Waals surface area contributed by atoms with Crippen molar-refractivity contribution in [3.63, 3.8) is 0 Å². The first-order valence-electron chi connectivity index (χ1n) is 10.3. The summed E-state index contributed by atoms with van der Waals surface area (Å²) in [6.07, 6.45) is 3.21. The molecule has 0 fully saturated rings. The van der Waals surface area contributed by atoms with Gasteiger partial charge in [-0.1, -0.05) is 12.1 Å². The van der Waals surface area contributed by atoms with E-state index in [1.54, 1.807) is 23.1 Å². The first-order chi connectivity index (χ1) is 16.5. The predicted molar refractivity (Wildman–Crippen MR) is 118 cm³/mol. The molecule has 0 spiro atoms. The molecule has 12 heteroatoms. The van der Waals surface area contributed by atoms with Gasteiger partial charge in [0.05, 0.1) is 31.8 Å². The van der Waals surface area contributed by atoms with Gasteiger partial charge in [-0.25, -0.2) is 9.18 Å². The van der Waals surface area contributed by atoms with Crippen LogP contribution in [0, 0.1) is 5.82 Å². The molecule has 0 bridgehead atoms. The van der Waals surface area contributed by atoms with Crippen molar-refractivity contribution in [1.29, 1.82) is 0 Å². The first kappa shape index (κ1) is 27.2. The zero-order valence-corrected chi connectivity index (χ0v) is 18.9. The van der Waals surface area contributed by atoms with Crippen LogP contribution < -0.4 is 0 Å². The molecule has 2 aromatic heterocycles. The molecule has 1 aromatic carbocycles. The van der Waals surface area contributed by atoms with Gasteiger partial charge in [0, 0.05) is 31.9 Å². The summed E-state index contributed by atoms with van der Waals surface area (Å²) in [5.74, 6) is -4.34. The molecule has 0 aliphatic heterocycles. The smallest absolute Gasteiger partial charge is 0.336 e. The van der Waals surface area contributed by atoms with Gasteiger partial charge in [-0.3, -0.25) is 19.2 Å². The van der Waals surface area contributed by atoms with Crippen LogP contribution in [0.3, 0.4) is 0 Å². The number of hydrogen-bond donors (Lipinski definition) is 4. The molecule has 0 radical (unpaired) electrons. The number of aliphatic carboxylic acids is 3. The highest BCUT2D eigenvalue weighted by atomic mass is 19.1. The van der Waals surface area contributed by atoms with Crippen LogP contribution in [-0.4, -0.2) is 58.6 Å². The highest BCUT2D eigenvalue weighted by molar-refractivity contribution is 5.88. The summed E-state index contributed by atoms with van der Waals surface area (Å²) in [4.78, 5) is 32.7. The number of aromatic nitrogens is 2. The van der Waals surface area contributed by atoms with E-state index in [1.807, 2.05) is 37.6 Å². The van der Waals surface area contributed by atoms with Crippen molar-refractivity contribution in [3.8, 4) is 0 Å². The van der Waals surface area contributed by atoms with E-state index in [-0.39, 0.29) is 5.82 Å². The van der Waals surface area contributed by atoms with E-state index in [1.165, 1.54) is 6.07 Å². The average Bonchev–Trinajstić information content (AvgIpc) is 3.39. The average molecular weight is 491 g/mol. The summed E-state index contributed by atoms with van der Waals surface area (Å²) < 4.78 is 20.6. The number of hydrogen-bond acceptors (Lipinski definition) is 7. The zero-order valence-electron chi connectivity index (χ0n) is 18.9. The van der Waals surface area contributed by atoms with E-state index in [4.69, 9.17) is 24.8 Å². The minimum atomic E-state index is -2.74. The normalized spacial score (nSPS) is 11.1. The van der Waals surface area contributed by atoms with Crippen LogP contribution >= 0.6 is 0 Å². The lowest BCUT2D eigenvalue weighted by Crippen LogP contribution is -2.42. The van der Waals surface area contributed by atoms with Crippen molar-refractivity contribution in [2.24, 2.45) is 7.05 Å². The summed E-state index contributed by atoms with van der Waals surface area (Å²) in [6.45, 7) is 2.04. The number of carboxylic acids is 3. The molecule has 3 rings (SSSR count). The number of carbonyl (C=O) groups is 3. The monoisotopic (exact) mass is 491 g/mol. The van der Waals surface area contributed by atoms with Gasteiger partial charge < -0.3 is 24.8 Å². The molecule has 0 saturated heterocycles. The summed E-state index contributed by atoms with van der Waals surface area (Å²) in [5.41, 5.74) is -0.682. The van der Waals surface area contributed by atoms with Gasteiger partial charge in [-0.05, 0) is 29.8 Å². The maximum absolute atomic E-state index is 13.4. The Labute approximate surface area is 199 Å². The fraction of sp³-hybridized carbons (Fsp3) is 0.304. The molecular formula is C23H26FN3O8. The van der Waals surface area contributed by atoms with E-state index in [0.29, 0.717) is 13.1 Å². The Morgan fingerprint density at radius 2 is 1.69 bits per heavy atom. The van der Waals surface area contributed by atoms with Crippen LogP contribution in [0.5, 0.6) is 0 Å². The lowest BCUT2D eigenvalue weighted by Gasteiger charge is -2.20. The second-order valence-corrected chi connectivity index (χ2v) is 7.85. The number of rotatable bonds is 11. The number of nitrogens with zero attached hydrogens (tertiary/aromatic N) is 3. The molecule has 0 unspecified atom stereocenters. The van der Waals surface area contributed by atoms with E-state index in [2.05, 4.69) is 10.00 Å². The van der Waals surface area contributed by atoms with Crippen LogP contribution in [0.4, 0.5) is 4.39 Å². The number of halogens is 1. The van der Waals surface area contributed by atoms with Gasteiger partial charge >= 0.3 is 17.9 Å². The van der Waals surface area contributed by atoms with Crippen LogP contribution in [0.15, 0.2) is 59.5 Å². The highest BCUT2D eigenvalue weighted by Crippen LogP contribution is 2.16. The number of furan rings is 1. The van der Waals surface area contributed by atoms with Gasteiger partial charge in [-0.15, -0.1) is 0 Å².